The molecule has 27 heavy (non-hydrogen) atoms. The van der Waals surface area contributed by atoms with Gasteiger partial charge in [0.25, 0.3) is 17.5 Å². The van der Waals surface area contributed by atoms with E-state index < -0.39 is 46.5 Å². The lowest BCUT2D eigenvalue weighted by atomic mass is 10.2. The maximum absolute atomic E-state index is 13.4. The molecular formula is C16H11F2N3O6. The Hall–Kier alpha value is -3.89. The summed E-state index contributed by atoms with van der Waals surface area (Å²) in [5, 5.41) is 10.5. The zero-order valence-electron chi connectivity index (χ0n) is 13.4. The van der Waals surface area contributed by atoms with Crippen molar-refractivity contribution in [2.75, 3.05) is 6.61 Å². The van der Waals surface area contributed by atoms with Crippen molar-refractivity contribution >= 4 is 23.5 Å². The number of non-ortho nitro benzene ring substituents is 1. The molecule has 2 aromatic carbocycles. The molecule has 0 aliphatic carbocycles. The summed E-state index contributed by atoms with van der Waals surface area (Å²) < 4.78 is 30.7. The molecule has 11 heteroatoms. The second-order valence-electron chi connectivity index (χ2n) is 5.01. The number of carbonyl (C=O) groups is 3. The second-order valence-corrected chi connectivity index (χ2v) is 5.01. The molecule has 0 aliphatic rings. The zero-order valence-corrected chi connectivity index (χ0v) is 13.4. The van der Waals surface area contributed by atoms with Gasteiger partial charge in [-0.1, -0.05) is 0 Å². The van der Waals surface area contributed by atoms with E-state index in [0.29, 0.717) is 6.07 Å². The third-order valence-electron chi connectivity index (χ3n) is 3.14. The highest BCUT2D eigenvalue weighted by Crippen LogP contribution is 2.12. The Kier molecular flexibility index (Phi) is 6.10. The Morgan fingerprint density at radius 3 is 2.30 bits per heavy atom. The van der Waals surface area contributed by atoms with Gasteiger partial charge in [-0.3, -0.25) is 30.6 Å². The first-order valence-corrected chi connectivity index (χ1v) is 7.23. The van der Waals surface area contributed by atoms with Gasteiger partial charge in [0.1, 0.15) is 11.6 Å². The fourth-order valence-electron chi connectivity index (χ4n) is 1.83. The molecule has 0 bridgehead atoms. The number of esters is 1. The van der Waals surface area contributed by atoms with Gasteiger partial charge in [0.2, 0.25) is 0 Å². The van der Waals surface area contributed by atoms with Gasteiger partial charge < -0.3 is 4.74 Å². The van der Waals surface area contributed by atoms with Crippen LogP contribution in [0.25, 0.3) is 0 Å². The van der Waals surface area contributed by atoms with Crippen LogP contribution in [0.3, 0.4) is 0 Å². The molecule has 9 nitrogen and oxygen atoms in total. The van der Waals surface area contributed by atoms with Gasteiger partial charge >= 0.3 is 5.97 Å². The van der Waals surface area contributed by atoms with E-state index in [0.717, 1.165) is 24.3 Å². The molecule has 0 aromatic heterocycles. The number of hydrazine groups is 1. The van der Waals surface area contributed by atoms with E-state index in [-0.39, 0.29) is 11.3 Å². The first kappa shape index (κ1) is 19.4. The number of hydrogen-bond donors (Lipinski definition) is 2. The molecular weight excluding hydrogens is 368 g/mol. The van der Waals surface area contributed by atoms with Crippen LogP contribution < -0.4 is 10.9 Å². The molecule has 0 unspecified atom stereocenters. The lowest BCUT2D eigenvalue weighted by Crippen LogP contribution is -2.43. The van der Waals surface area contributed by atoms with Crippen LogP contribution in [0, 0.1) is 21.7 Å². The molecule has 0 spiro atoms. The Labute approximate surface area is 150 Å². The number of halogens is 2. The van der Waals surface area contributed by atoms with E-state index in [1.54, 1.807) is 0 Å². The molecule has 2 amide bonds. The fourth-order valence-corrected chi connectivity index (χ4v) is 1.83. The molecule has 2 aromatic rings. The average Bonchev–Trinajstić information content (AvgIpc) is 2.64. The van der Waals surface area contributed by atoms with Crippen molar-refractivity contribution in [1.29, 1.82) is 0 Å². The van der Waals surface area contributed by atoms with Crippen LogP contribution in [0.1, 0.15) is 20.7 Å². The molecule has 140 valence electrons. The van der Waals surface area contributed by atoms with Gasteiger partial charge in [-0.05, 0) is 24.3 Å². The first-order chi connectivity index (χ1) is 12.8. The fraction of sp³-hybridized carbons (Fsp3) is 0.0625. The lowest BCUT2D eigenvalue weighted by Gasteiger charge is -2.08. The standard InChI is InChI=1S/C16H11F2N3O6/c17-10-3-6-12(13(18)7-10)16(24)27-8-14(22)19-20-15(23)9-1-4-11(5-2-9)21(25)26/h1-7H,8H2,(H,19,22)(H,20,23). The van der Waals surface area contributed by atoms with Crippen LogP contribution in [-0.4, -0.2) is 29.3 Å². The van der Waals surface area contributed by atoms with Crippen molar-refractivity contribution in [1.82, 2.24) is 10.9 Å². The minimum atomic E-state index is -1.19. The van der Waals surface area contributed by atoms with E-state index in [2.05, 4.69) is 4.74 Å². The Bertz CT molecular complexity index is 902. The molecule has 2 N–H and O–H groups in total. The average molecular weight is 379 g/mol. The normalized spacial score (nSPS) is 10.0. The number of benzene rings is 2. The number of hydrogen-bond acceptors (Lipinski definition) is 6. The smallest absolute Gasteiger partial charge is 0.341 e. The summed E-state index contributed by atoms with van der Waals surface area (Å²) in [4.78, 5) is 44.8. The second kappa shape index (κ2) is 8.47. The highest BCUT2D eigenvalue weighted by molar-refractivity contribution is 5.96. The number of nitro benzene ring substituents is 1. The maximum atomic E-state index is 13.4. The third kappa shape index (κ3) is 5.29. The molecule has 0 saturated heterocycles. The van der Waals surface area contributed by atoms with Crippen LogP contribution in [0.5, 0.6) is 0 Å². The Balaban J connectivity index is 1.82. The van der Waals surface area contributed by atoms with Crippen LogP contribution in [0.4, 0.5) is 14.5 Å². The number of ether oxygens (including phenoxy) is 1. The SMILES string of the molecule is O=C(COC(=O)c1ccc(F)cc1F)NNC(=O)c1ccc([N+](=O)[O-])cc1. The van der Waals surface area contributed by atoms with Gasteiger partial charge in [0.05, 0.1) is 10.5 Å². The molecule has 0 fully saturated rings. The predicted molar refractivity (Wildman–Crippen MR) is 85.3 cm³/mol. The number of amides is 2. The largest absolute Gasteiger partial charge is 0.452 e. The first-order valence-electron chi connectivity index (χ1n) is 7.23. The lowest BCUT2D eigenvalue weighted by molar-refractivity contribution is -0.384. The minimum Gasteiger partial charge on any atom is -0.452 e. The summed E-state index contributed by atoms with van der Waals surface area (Å²) >= 11 is 0. The van der Waals surface area contributed by atoms with Crippen molar-refractivity contribution in [3.8, 4) is 0 Å². The topological polar surface area (TPSA) is 128 Å². The van der Waals surface area contributed by atoms with E-state index in [1.807, 2.05) is 10.9 Å². The molecule has 2 rings (SSSR count). The van der Waals surface area contributed by atoms with Gasteiger partial charge in [0.15, 0.2) is 6.61 Å². The third-order valence-corrected chi connectivity index (χ3v) is 3.14. The monoisotopic (exact) mass is 379 g/mol. The van der Waals surface area contributed by atoms with Gasteiger partial charge in [-0.15, -0.1) is 0 Å². The summed E-state index contributed by atoms with van der Waals surface area (Å²) in [6, 6.07) is 6.77. The molecule has 0 atom stereocenters. The van der Waals surface area contributed by atoms with Gasteiger partial charge in [-0.2, -0.15) is 0 Å². The highest BCUT2D eigenvalue weighted by Gasteiger charge is 2.16. The zero-order chi connectivity index (χ0) is 20.0. The molecule has 0 heterocycles. The summed E-state index contributed by atoms with van der Waals surface area (Å²) in [7, 11) is 0. The number of nitro groups is 1. The summed E-state index contributed by atoms with van der Waals surface area (Å²) in [6.45, 7) is -0.837. The van der Waals surface area contributed by atoms with Crippen LogP contribution in [-0.2, 0) is 9.53 Å². The van der Waals surface area contributed by atoms with Crippen molar-refractivity contribution in [3.63, 3.8) is 0 Å². The Morgan fingerprint density at radius 1 is 1.04 bits per heavy atom. The number of rotatable bonds is 5. The van der Waals surface area contributed by atoms with Crippen molar-refractivity contribution in [2.24, 2.45) is 0 Å². The van der Waals surface area contributed by atoms with Crippen molar-refractivity contribution in [2.45, 2.75) is 0 Å². The molecule has 0 radical (unpaired) electrons. The van der Waals surface area contributed by atoms with Crippen LogP contribution in [0.2, 0.25) is 0 Å². The maximum Gasteiger partial charge on any atom is 0.341 e. The molecule has 0 aliphatic heterocycles. The minimum absolute atomic E-state index is 0.0336. The van der Waals surface area contributed by atoms with Crippen LogP contribution >= 0.6 is 0 Å². The quantitative estimate of drug-likeness (QED) is 0.460. The predicted octanol–water partition coefficient (Wildman–Crippen LogP) is 1.49. The Morgan fingerprint density at radius 2 is 1.70 bits per heavy atom. The summed E-state index contributed by atoms with van der Waals surface area (Å²) in [5.41, 5.74) is 3.22. The van der Waals surface area contributed by atoms with Crippen LogP contribution in [0.15, 0.2) is 42.5 Å². The summed E-state index contributed by atoms with van der Waals surface area (Å²) in [6.07, 6.45) is 0. The van der Waals surface area contributed by atoms with Gasteiger partial charge in [0, 0.05) is 23.8 Å². The number of carbonyl (C=O) groups excluding carboxylic acids is 3. The van der Waals surface area contributed by atoms with E-state index in [4.69, 9.17) is 0 Å². The van der Waals surface area contributed by atoms with Gasteiger partial charge in [-0.25, -0.2) is 13.6 Å². The number of nitrogens with zero attached hydrogens (tertiary/aromatic N) is 1. The van der Waals surface area contributed by atoms with Crippen molar-refractivity contribution < 1.29 is 32.8 Å². The highest BCUT2D eigenvalue weighted by atomic mass is 19.1. The van der Waals surface area contributed by atoms with E-state index in [1.165, 1.54) is 12.1 Å². The molecule has 0 saturated carbocycles. The summed E-state index contributed by atoms with van der Waals surface area (Å²) in [5.74, 6) is -4.91. The van der Waals surface area contributed by atoms with Crippen molar-refractivity contribution in [3.05, 3.63) is 75.3 Å². The number of nitrogens with one attached hydrogen (secondary N) is 2. The van der Waals surface area contributed by atoms with E-state index in [9.17, 15) is 33.3 Å². The van der Waals surface area contributed by atoms with E-state index >= 15 is 0 Å².